The van der Waals surface area contributed by atoms with Crippen molar-refractivity contribution in [3.05, 3.63) is 16.1 Å². The summed E-state index contributed by atoms with van der Waals surface area (Å²) in [5, 5.41) is 3.35. The van der Waals surface area contributed by atoms with E-state index in [-0.39, 0.29) is 6.04 Å². The average Bonchev–Trinajstić information content (AvgIpc) is 2.76. The van der Waals surface area contributed by atoms with Crippen molar-refractivity contribution in [2.24, 2.45) is 11.7 Å². The Balaban J connectivity index is 1.93. The molecule has 0 radical (unpaired) electrons. The molecular formula is C11H19N3S. The zero-order valence-corrected chi connectivity index (χ0v) is 10.3. The Hall–Kier alpha value is -0.450. The molecule has 2 atom stereocenters. The lowest BCUT2D eigenvalue weighted by Crippen LogP contribution is -2.15. The second-order valence-electron chi connectivity index (χ2n) is 4.58. The molecule has 0 aromatic carbocycles. The van der Waals surface area contributed by atoms with Crippen molar-refractivity contribution < 1.29 is 0 Å². The summed E-state index contributed by atoms with van der Waals surface area (Å²) in [7, 11) is 2.19. The summed E-state index contributed by atoms with van der Waals surface area (Å²) in [5.74, 6) is 0.794. The lowest BCUT2D eigenvalue weighted by atomic mass is 10.1. The van der Waals surface area contributed by atoms with E-state index in [1.54, 1.807) is 11.3 Å². The van der Waals surface area contributed by atoms with E-state index in [4.69, 9.17) is 5.73 Å². The van der Waals surface area contributed by atoms with Crippen LogP contribution < -0.4 is 5.73 Å². The highest BCUT2D eigenvalue weighted by molar-refractivity contribution is 7.09. The van der Waals surface area contributed by atoms with Crippen LogP contribution in [0.4, 0.5) is 0 Å². The molecular weight excluding hydrogens is 206 g/mol. The molecule has 1 aromatic rings. The van der Waals surface area contributed by atoms with Gasteiger partial charge >= 0.3 is 0 Å². The number of rotatable bonds is 3. The molecule has 0 bridgehead atoms. The number of thiazole rings is 1. The zero-order chi connectivity index (χ0) is 10.8. The van der Waals surface area contributed by atoms with Gasteiger partial charge in [-0.05, 0) is 32.9 Å². The van der Waals surface area contributed by atoms with Crippen molar-refractivity contribution in [2.45, 2.75) is 25.8 Å². The Kier molecular flexibility index (Phi) is 3.38. The van der Waals surface area contributed by atoms with Gasteiger partial charge in [-0.3, -0.25) is 0 Å². The molecule has 0 saturated carbocycles. The minimum absolute atomic E-state index is 0.0706. The quantitative estimate of drug-likeness (QED) is 0.850. The molecule has 1 aliphatic heterocycles. The van der Waals surface area contributed by atoms with Crippen LogP contribution in [0, 0.1) is 5.92 Å². The van der Waals surface area contributed by atoms with Gasteiger partial charge in [-0.15, -0.1) is 11.3 Å². The van der Waals surface area contributed by atoms with Crippen molar-refractivity contribution in [3.63, 3.8) is 0 Å². The summed E-state index contributed by atoms with van der Waals surface area (Å²) in [4.78, 5) is 6.97. The van der Waals surface area contributed by atoms with E-state index in [1.807, 2.05) is 6.92 Å². The molecule has 0 spiro atoms. The first-order valence-electron chi connectivity index (χ1n) is 5.53. The average molecular weight is 225 g/mol. The van der Waals surface area contributed by atoms with Gasteiger partial charge in [0.05, 0.1) is 10.7 Å². The molecule has 0 amide bonds. The van der Waals surface area contributed by atoms with Crippen LogP contribution in [-0.2, 0) is 6.42 Å². The number of hydrogen-bond donors (Lipinski definition) is 1. The molecule has 2 N–H and O–H groups in total. The zero-order valence-electron chi connectivity index (χ0n) is 9.44. The Labute approximate surface area is 95.3 Å². The van der Waals surface area contributed by atoms with E-state index in [0.29, 0.717) is 0 Å². The second kappa shape index (κ2) is 4.60. The van der Waals surface area contributed by atoms with Gasteiger partial charge in [0.1, 0.15) is 0 Å². The summed E-state index contributed by atoms with van der Waals surface area (Å²) in [6.45, 7) is 4.44. The van der Waals surface area contributed by atoms with Crippen LogP contribution in [-0.4, -0.2) is 30.0 Å². The molecule has 1 aliphatic rings. The van der Waals surface area contributed by atoms with Crippen LogP contribution in [0.1, 0.15) is 30.1 Å². The van der Waals surface area contributed by atoms with Gasteiger partial charge in [0.25, 0.3) is 0 Å². The van der Waals surface area contributed by atoms with Crippen LogP contribution in [0.15, 0.2) is 5.38 Å². The normalized spacial score (nSPS) is 24.6. The van der Waals surface area contributed by atoms with Gasteiger partial charge in [-0.1, -0.05) is 0 Å². The fraction of sp³-hybridized carbons (Fsp3) is 0.727. The van der Waals surface area contributed by atoms with Gasteiger partial charge in [-0.25, -0.2) is 4.98 Å². The molecule has 2 unspecified atom stereocenters. The first-order chi connectivity index (χ1) is 7.15. The summed E-state index contributed by atoms with van der Waals surface area (Å²) in [6.07, 6.45) is 2.44. The van der Waals surface area contributed by atoms with Crippen molar-refractivity contribution in [1.29, 1.82) is 0 Å². The van der Waals surface area contributed by atoms with Crippen LogP contribution in [0.5, 0.6) is 0 Å². The van der Waals surface area contributed by atoms with Crippen LogP contribution >= 0.6 is 11.3 Å². The smallest absolute Gasteiger partial charge is 0.0932 e. The molecule has 0 aliphatic carbocycles. The third-order valence-corrected chi connectivity index (χ3v) is 3.88. The summed E-state index contributed by atoms with van der Waals surface area (Å²) < 4.78 is 0. The van der Waals surface area contributed by atoms with Crippen LogP contribution in [0.2, 0.25) is 0 Å². The number of aromatic nitrogens is 1. The summed E-state index contributed by atoms with van der Waals surface area (Å²) in [5.41, 5.74) is 6.84. The highest BCUT2D eigenvalue weighted by atomic mass is 32.1. The molecule has 1 fully saturated rings. The van der Waals surface area contributed by atoms with E-state index < -0.39 is 0 Å². The topological polar surface area (TPSA) is 42.1 Å². The van der Waals surface area contributed by atoms with Gasteiger partial charge in [0.15, 0.2) is 0 Å². The monoisotopic (exact) mass is 225 g/mol. The summed E-state index contributed by atoms with van der Waals surface area (Å²) >= 11 is 1.76. The maximum absolute atomic E-state index is 5.79. The Morgan fingerprint density at radius 2 is 2.53 bits per heavy atom. The first kappa shape index (κ1) is 11.0. The SMILES string of the molecule is CC(N)c1csc(CC2CCN(C)C2)n1. The van der Waals surface area contributed by atoms with Gasteiger partial charge in [-0.2, -0.15) is 0 Å². The fourth-order valence-corrected chi connectivity index (χ4v) is 3.08. The van der Waals surface area contributed by atoms with E-state index in [1.165, 1.54) is 24.5 Å². The first-order valence-corrected chi connectivity index (χ1v) is 6.41. The largest absolute Gasteiger partial charge is 0.323 e. The Bertz CT molecular complexity index is 321. The van der Waals surface area contributed by atoms with Crippen LogP contribution in [0.25, 0.3) is 0 Å². The van der Waals surface area contributed by atoms with Gasteiger partial charge < -0.3 is 10.6 Å². The predicted molar refractivity (Wildman–Crippen MR) is 64.0 cm³/mol. The Morgan fingerprint density at radius 1 is 1.73 bits per heavy atom. The second-order valence-corrected chi connectivity index (χ2v) is 5.52. The van der Waals surface area contributed by atoms with E-state index >= 15 is 0 Å². The molecule has 1 aromatic heterocycles. The molecule has 3 nitrogen and oxygen atoms in total. The van der Waals surface area contributed by atoms with E-state index in [9.17, 15) is 0 Å². The highest BCUT2D eigenvalue weighted by Gasteiger charge is 2.20. The fourth-order valence-electron chi connectivity index (χ4n) is 2.07. The lowest BCUT2D eigenvalue weighted by Gasteiger charge is -2.08. The minimum atomic E-state index is 0.0706. The number of nitrogens with zero attached hydrogens (tertiary/aromatic N) is 2. The number of hydrogen-bond acceptors (Lipinski definition) is 4. The Morgan fingerprint density at radius 3 is 3.07 bits per heavy atom. The van der Waals surface area contributed by atoms with Crippen molar-refractivity contribution in [1.82, 2.24) is 9.88 Å². The summed E-state index contributed by atoms with van der Waals surface area (Å²) in [6, 6.07) is 0.0706. The van der Waals surface area contributed by atoms with Gasteiger partial charge in [0, 0.05) is 24.4 Å². The highest BCUT2D eigenvalue weighted by Crippen LogP contribution is 2.22. The van der Waals surface area contributed by atoms with Gasteiger partial charge in [0.2, 0.25) is 0 Å². The third kappa shape index (κ3) is 2.77. The molecule has 1 saturated heterocycles. The molecule has 2 rings (SSSR count). The van der Waals surface area contributed by atoms with E-state index in [0.717, 1.165) is 18.0 Å². The molecule has 2 heterocycles. The van der Waals surface area contributed by atoms with Crippen molar-refractivity contribution in [2.75, 3.05) is 20.1 Å². The minimum Gasteiger partial charge on any atom is -0.323 e. The molecule has 4 heteroatoms. The predicted octanol–water partition coefficient (Wildman–Crippen LogP) is 1.66. The van der Waals surface area contributed by atoms with Crippen molar-refractivity contribution in [3.8, 4) is 0 Å². The number of likely N-dealkylation sites (tertiary alicyclic amines) is 1. The van der Waals surface area contributed by atoms with Crippen LogP contribution in [0.3, 0.4) is 0 Å². The molecule has 84 valence electrons. The maximum Gasteiger partial charge on any atom is 0.0932 e. The third-order valence-electron chi connectivity index (χ3n) is 2.99. The van der Waals surface area contributed by atoms with Crippen molar-refractivity contribution >= 4 is 11.3 Å². The van der Waals surface area contributed by atoms with E-state index in [2.05, 4.69) is 22.3 Å². The molecule has 15 heavy (non-hydrogen) atoms. The lowest BCUT2D eigenvalue weighted by molar-refractivity contribution is 0.394. The maximum atomic E-state index is 5.79. The number of nitrogens with two attached hydrogens (primary N) is 1. The standard InChI is InChI=1S/C11H19N3S/c1-8(12)10-7-15-11(13-10)5-9-3-4-14(2)6-9/h7-9H,3-6,12H2,1-2H3.